The van der Waals surface area contributed by atoms with Crippen LogP contribution in [0, 0.1) is 5.92 Å². The zero-order valence-electron chi connectivity index (χ0n) is 12.2. The van der Waals surface area contributed by atoms with Crippen LogP contribution < -0.4 is 20.1 Å². The molecule has 0 spiro atoms. The van der Waals surface area contributed by atoms with E-state index in [1.807, 2.05) is 18.2 Å². The fourth-order valence-corrected chi connectivity index (χ4v) is 2.11. The van der Waals surface area contributed by atoms with Gasteiger partial charge in [-0.25, -0.2) is 4.99 Å². The Hall–Kier alpha value is -1.18. The average Bonchev–Trinajstić information content (AvgIpc) is 3.17. The molecule has 21 heavy (non-hydrogen) atoms. The monoisotopic (exact) mass is 403 g/mol. The van der Waals surface area contributed by atoms with E-state index in [9.17, 15) is 0 Å². The van der Waals surface area contributed by atoms with Gasteiger partial charge in [-0.3, -0.25) is 0 Å². The van der Waals surface area contributed by atoms with Crippen LogP contribution in [0.5, 0.6) is 11.5 Å². The zero-order chi connectivity index (χ0) is 13.8. The van der Waals surface area contributed by atoms with Crippen LogP contribution in [0.4, 0.5) is 0 Å². The Morgan fingerprint density at radius 3 is 2.81 bits per heavy atom. The Bertz CT molecular complexity index is 504. The molecule has 1 aliphatic carbocycles. The summed E-state index contributed by atoms with van der Waals surface area (Å²) in [5, 5.41) is 6.66. The second-order valence-corrected chi connectivity index (χ2v) is 5.21. The van der Waals surface area contributed by atoms with E-state index in [0.29, 0.717) is 13.3 Å². The van der Waals surface area contributed by atoms with Crippen LogP contribution in [0.3, 0.4) is 0 Å². The van der Waals surface area contributed by atoms with Gasteiger partial charge in [0, 0.05) is 13.1 Å². The van der Waals surface area contributed by atoms with Crippen molar-refractivity contribution >= 4 is 29.9 Å². The lowest BCUT2D eigenvalue weighted by Crippen LogP contribution is -2.38. The Kier molecular flexibility index (Phi) is 5.96. The summed E-state index contributed by atoms with van der Waals surface area (Å²) in [4.78, 5) is 4.61. The van der Waals surface area contributed by atoms with Gasteiger partial charge in [-0.1, -0.05) is 6.07 Å². The number of hydrogen-bond donors (Lipinski definition) is 2. The predicted molar refractivity (Wildman–Crippen MR) is 93.5 cm³/mol. The van der Waals surface area contributed by atoms with Crippen LogP contribution in [0.15, 0.2) is 23.2 Å². The maximum Gasteiger partial charge on any atom is 0.231 e. The molecule has 0 radical (unpaired) electrons. The summed E-state index contributed by atoms with van der Waals surface area (Å²) < 4.78 is 10.7. The van der Waals surface area contributed by atoms with E-state index >= 15 is 0 Å². The highest BCUT2D eigenvalue weighted by molar-refractivity contribution is 14.0. The lowest BCUT2D eigenvalue weighted by Gasteiger charge is -2.10. The lowest BCUT2D eigenvalue weighted by molar-refractivity contribution is 0.174. The highest BCUT2D eigenvalue weighted by Gasteiger charge is 2.21. The quantitative estimate of drug-likeness (QED) is 0.451. The first kappa shape index (κ1) is 16.2. The van der Waals surface area contributed by atoms with Crippen molar-refractivity contribution in [2.75, 3.05) is 19.9 Å². The van der Waals surface area contributed by atoms with Crippen molar-refractivity contribution in [3.05, 3.63) is 23.8 Å². The molecule has 0 unspecified atom stereocenters. The minimum atomic E-state index is 0. The first-order chi connectivity index (χ1) is 9.85. The Morgan fingerprint density at radius 1 is 1.24 bits per heavy atom. The molecule has 0 atom stereocenters. The van der Waals surface area contributed by atoms with Crippen LogP contribution in [-0.2, 0) is 6.54 Å². The zero-order valence-corrected chi connectivity index (χ0v) is 14.6. The minimum absolute atomic E-state index is 0. The standard InChI is InChI=1S/C15H21N3O2.HI/c1-2-16-15(17-8-11-3-4-11)18-9-12-5-6-13-14(7-12)20-10-19-13;/h5-7,11H,2-4,8-10H2,1H3,(H2,16,17,18);1H. The Balaban J connectivity index is 0.00000161. The van der Waals surface area contributed by atoms with Crippen molar-refractivity contribution < 1.29 is 9.47 Å². The van der Waals surface area contributed by atoms with E-state index in [4.69, 9.17) is 9.47 Å². The second kappa shape index (κ2) is 7.72. The topological polar surface area (TPSA) is 54.9 Å². The summed E-state index contributed by atoms with van der Waals surface area (Å²) in [7, 11) is 0. The molecule has 0 aromatic heterocycles. The molecule has 1 aliphatic heterocycles. The Morgan fingerprint density at radius 2 is 2.05 bits per heavy atom. The number of hydrogen-bond acceptors (Lipinski definition) is 3. The number of nitrogens with one attached hydrogen (secondary N) is 2. The van der Waals surface area contributed by atoms with Crippen LogP contribution in [0.25, 0.3) is 0 Å². The summed E-state index contributed by atoms with van der Waals surface area (Å²) in [6, 6.07) is 5.97. The van der Waals surface area contributed by atoms with Gasteiger partial charge in [0.15, 0.2) is 17.5 Å². The summed E-state index contributed by atoms with van der Waals surface area (Å²) in [5.41, 5.74) is 1.12. The highest BCUT2D eigenvalue weighted by atomic mass is 127. The van der Waals surface area contributed by atoms with Crippen molar-refractivity contribution in [1.82, 2.24) is 10.6 Å². The second-order valence-electron chi connectivity index (χ2n) is 5.21. The van der Waals surface area contributed by atoms with Gasteiger partial charge in [0.05, 0.1) is 6.54 Å². The number of halogens is 1. The molecule has 0 saturated heterocycles. The predicted octanol–water partition coefficient (Wildman–Crippen LogP) is 2.50. The fourth-order valence-electron chi connectivity index (χ4n) is 2.11. The van der Waals surface area contributed by atoms with Gasteiger partial charge in [0.25, 0.3) is 0 Å². The number of guanidine groups is 1. The van der Waals surface area contributed by atoms with Crippen molar-refractivity contribution in [2.24, 2.45) is 10.9 Å². The molecular formula is C15H22IN3O2. The number of ether oxygens (including phenoxy) is 2. The summed E-state index contributed by atoms with van der Waals surface area (Å²) in [6.07, 6.45) is 2.68. The molecule has 0 amide bonds. The molecule has 116 valence electrons. The third-order valence-electron chi connectivity index (χ3n) is 3.46. The first-order valence-electron chi connectivity index (χ1n) is 7.26. The van der Waals surface area contributed by atoms with Gasteiger partial charge in [-0.2, -0.15) is 0 Å². The van der Waals surface area contributed by atoms with E-state index in [0.717, 1.165) is 42.0 Å². The van der Waals surface area contributed by atoms with E-state index in [1.165, 1.54) is 12.8 Å². The van der Waals surface area contributed by atoms with Gasteiger partial charge >= 0.3 is 0 Å². The van der Waals surface area contributed by atoms with Crippen LogP contribution in [0.2, 0.25) is 0 Å². The van der Waals surface area contributed by atoms with Gasteiger partial charge in [0.2, 0.25) is 6.79 Å². The maximum atomic E-state index is 5.38. The fraction of sp³-hybridized carbons (Fsp3) is 0.533. The van der Waals surface area contributed by atoms with E-state index < -0.39 is 0 Å². The van der Waals surface area contributed by atoms with Crippen LogP contribution in [-0.4, -0.2) is 25.8 Å². The first-order valence-corrected chi connectivity index (χ1v) is 7.26. The molecule has 5 nitrogen and oxygen atoms in total. The number of aliphatic imine (C=N–C) groups is 1. The Labute approximate surface area is 142 Å². The summed E-state index contributed by atoms with van der Waals surface area (Å²) in [6.45, 7) is 4.92. The van der Waals surface area contributed by atoms with Crippen molar-refractivity contribution in [3.63, 3.8) is 0 Å². The molecule has 1 heterocycles. The molecule has 1 aromatic rings. The number of nitrogens with zero attached hydrogens (tertiary/aromatic N) is 1. The smallest absolute Gasteiger partial charge is 0.231 e. The van der Waals surface area contributed by atoms with E-state index in [1.54, 1.807) is 0 Å². The number of benzene rings is 1. The molecule has 1 saturated carbocycles. The van der Waals surface area contributed by atoms with Crippen molar-refractivity contribution in [3.8, 4) is 11.5 Å². The lowest BCUT2D eigenvalue weighted by atomic mass is 10.2. The SMILES string of the molecule is CCNC(=NCc1ccc2c(c1)OCO2)NCC1CC1.I. The summed E-state index contributed by atoms with van der Waals surface area (Å²) in [5.74, 6) is 3.35. The molecule has 3 rings (SSSR count). The summed E-state index contributed by atoms with van der Waals surface area (Å²) >= 11 is 0. The largest absolute Gasteiger partial charge is 0.454 e. The van der Waals surface area contributed by atoms with Gasteiger partial charge in [-0.15, -0.1) is 24.0 Å². The molecule has 2 aliphatic rings. The average molecular weight is 403 g/mol. The molecule has 1 fully saturated rings. The molecular weight excluding hydrogens is 381 g/mol. The van der Waals surface area contributed by atoms with Gasteiger partial charge < -0.3 is 20.1 Å². The molecule has 6 heteroatoms. The molecule has 2 N–H and O–H groups in total. The number of fused-ring (bicyclic) bond motifs is 1. The van der Waals surface area contributed by atoms with Crippen LogP contribution >= 0.6 is 24.0 Å². The van der Waals surface area contributed by atoms with Crippen molar-refractivity contribution in [1.29, 1.82) is 0 Å². The minimum Gasteiger partial charge on any atom is -0.454 e. The maximum absolute atomic E-state index is 5.38. The highest BCUT2D eigenvalue weighted by Crippen LogP contribution is 2.32. The third-order valence-corrected chi connectivity index (χ3v) is 3.46. The van der Waals surface area contributed by atoms with Gasteiger partial charge in [-0.05, 0) is 43.4 Å². The van der Waals surface area contributed by atoms with Crippen molar-refractivity contribution in [2.45, 2.75) is 26.3 Å². The third kappa shape index (κ3) is 4.66. The number of rotatable bonds is 5. The molecule has 0 bridgehead atoms. The van der Waals surface area contributed by atoms with Crippen LogP contribution in [0.1, 0.15) is 25.3 Å². The van der Waals surface area contributed by atoms with E-state index in [2.05, 4.69) is 22.5 Å². The van der Waals surface area contributed by atoms with E-state index in [-0.39, 0.29) is 24.0 Å². The normalized spacial score (nSPS) is 16.3. The molecule has 1 aromatic carbocycles. The van der Waals surface area contributed by atoms with Gasteiger partial charge in [0.1, 0.15) is 0 Å².